The Bertz CT molecular complexity index is 708. The van der Waals surface area contributed by atoms with Gasteiger partial charge < -0.3 is 29.7 Å². The summed E-state index contributed by atoms with van der Waals surface area (Å²) in [6.07, 6.45) is 0.160. The molecule has 8 heteroatoms. The Morgan fingerprint density at radius 1 is 1.33 bits per heavy atom. The summed E-state index contributed by atoms with van der Waals surface area (Å²) >= 11 is 0. The van der Waals surface area contributed by atoms with Crippen molar-refractivity contribution in [3.05, 3.63) is 48.3 Å². The molecule has 1 saturated heterocycles. The van der Waals surface area contributed by atoms with Gasteiger partial charge in [-0.05, 0) is 30.5 Å². The van der Waals surface area contributed by atoms with E-state index in [4.69, 9.17) is 14.2 Å². The predicted molar refractivity (Wildman–Crippen MR) is 107 cm³/mol. The van der Waals surface area contributed by atoms with Crippen LogP contribution in [0.5, 0.6) is 0 Å². The highest BCUT2D eigenvalue weighted by molar-refractivity contribution is 5.85. The van der Waals surface area contributed by atoms with Crippen molar-refractivity contribution in [1.29, 1.82) is 0 Å². The first-order valence-electron chi connectivity index (χ1n) is 10.3. The van der Waals surface area contributed by atoms with E-state index >= 15 is 0 Å². The van der Waals surface area contributed by atoms with Crippen LogP contribution in [0, 0.1) is 5.82 Å². The number of benzene rings is 1. The third-order valence-corrected chi connectivity index (χ3v) is 5.63. The lowest BCUT2D eigenvalue weighted by Crippen LogP contribution is -2.61. The molecule has 1 amide bonds. The van der Waals surface area contributed by atoms with Gasteiger partial charge in [-0.15, -0.1) is 6.58 Å². The van der Waals surface area contributed by atoms with E-state index in [1.165, 1.54) is 18.2 Å². The molecule has 1 saturated carbocycles. The number of ether oxygens (including phenoxy) is 3. The minimum atomic E-state index is -1.41. The van der Waals surface area contributed by atoms with Crippen LogP contribution in [0.15, 0.2) is 36.9 Å². The zero-order valence-electron chi connectivity index (χ0n) is 17.0. The highest BCUT2D eigenvalue weighted by atomic mass is 19.1. The Morgan fingerprint density at radius 2 is 2.10 bits per heavy atom. The van der Waals surface area contributed by atoms with Gasteiger partial charge in [0, 0.05) is 26.0 Å². The van der Waals surface area contributed by atoms with Crippen molar-refractivity contribution in [2.24, 2.45) is 0 Å². The second kappa shape index (κ2) is 10.5. The van der Waals surface area contributed by atoms with E-state index in [1.807, 2.05) is 0 Å². The number of rotatable bonds is 9. The molecule has 2 aliphatic rings. The average Bonchev–Trinajstić information content (AvgIpc) is 3.26. The Balaban J connectivity index is 1.75. The quantitative estimate of drug-likeness (QED) is 0.521. The molecule has 166 valence electrons. The van der Waals surface area contributed by atoms with E-state index in [2.05, 4.69) is 11.9 Å². The molecule has 3 rings (SSSR count). The van der Waals surface area contributed by atoms with Gasteiger partial charge >= 0.3 is 0 Å². The van der Waals surface area contributed by atoms with Crippen LogP contribution in [0.2, 0.25) is 0 Å². The van der Waals surface area contributed by atoms with Crippen LogP contribution >= 0.6 is 0 Å². The molecule has 2 fully saturated rings. The van der Waals surface area contributed by atoms with Gasteiger partial charge in [0.05, 0.1) is 31.5 Å². The van der Waals surface area contributed by atoms with Gasteiger partial charge in [-0.25, -0.2) is 4.39 Å². The number of carbonyl (C=O) groups excluding carboxylic acids is 1. The number of halogens is 1. The van der Waals surface area contributed by atoms with Gasteiger partial charge in [0.15, 0.2) is 5.60 Å². The van der Waals surface area contributed by atoms with E-state index in [1.54, 1.807) is 12.1 Å². The molecule has 2 unspecified atom stereocenters. The number of hydrogen-bond donors (Lipinski definition) is 3. The second-order valence-corrected chi connectivity index (χ2v) is 7.88. The zero-order valence-corrected chi connectivity index (χ0v) is 17.0. The Labute approximate surface area is 175 Å². The molecule has 3 N–H and O–H groups in total. The van der Waals surface area contributed by atoms with Crippen molar-refractivity contribution in [2.75, 3.05) is 19.8 Å². The standard InChI is InChI=1S/C22H30FNO6/c1-2-9-29-19-12-22(11-18(25)20(19)26,21(27)24-13-17-4-3-10-28-17)30-14-15-5-7-16(23)8-6-15/h2,5-8,17-20,25-26H,1,3-4,9-14H2,(H,24,27)/t17?,18-,19?,20-,22+/m1/s1. The molecule has 7 nitrogen and oxygen atoms in total. The fraction of sp³-hybridized carbons (Fsp3) is 0.591. The van der Waals surface area contributed by atoms with E-state index in [0.717, 1.165) is 12.8 Å². The maximum absolute atomic E-state index is 13.2. The second-order valence-electron chi connectivity index (χ2n) is 7.88. The maximum Gasteiger partial charge on any atom is 0.252 e. The molecule has 0 bridgehead atoms. The van der Waals surface area contributed by atoms with Crippen LogP contribution in [0.3, 0.4) is 0 Å². The molecule has 1 aliphatic carbocycles. The van der Waals surface area contributed by atoms with Crippen molar-refractivity contribution in [3.63, 3.8) is 0 Å². The summed E-state index contributed by atoms with van der Waals surface area (Å²) in [4.78, 5) is 13.2. The fourth-order valence-corrected chi connectivity index (χ4v) is 3.93. The van der Waals surface area contributed by atoms with Gasteiger partial charge in [-0.1, -0.05) is 18.2 Å². The monoisotopic (exact) mass is 423 g/mol. The van der Waals surface area contributed by atoms with Crippen LogP contribution in [-0.2, 0) is 25.6 Å². The summed E-state index contributed by atoms with van der Waals surface area (Å²) in [5.74, 6) is -0.755. The molecule has 0 spiro atoms. The van der Waals surface area contributed by atoms with Gasteiger partial charge in [0.25, 0.3) is 5.91 Å². The molecule has 1 aromatic carbocycles. The Morgan fingerprint density at radius 3 is 2.77 bits per heavy atom. The first kappa shape index (κ1) is 22.8. The summed E-state index contributed by atoms with van der Waals surface area (Å²) in [7, 11) is 0. The van der Waals surface area contributed by atoms with Crippen molar-refractivity contribution < 1.29 is 33.6 Å². The number of aliphatic hydroxyl groups excluding tert-OH is 2. The normalized spacial score (nSPS) is 31.4. The van der Waals surface area contributed by atoms with Crippen LogP contribution < -0.4 is 5.32 Å². The topological polar surface area (TPSA) is 97.3 Å². The van der Waals surface area contributed by atoms with Gasteiger partial charge in [0.1, 0.15) is 11.9 Å². The van der Waals surface area contributed by atoms with Crippen LogP contribution in [0.25, 0.3) is 0 Å². The lowest BCUT2D eigenvalue weighted by Gasteiger charge is -2.43. The number of amides is 1. The Hall–Kier alpha value is -1.84. The molecule has 30 heavy (non-hydrogen) atoms. The minimum absolute atomic E-state index is 0.0463. The average molecular weight is 423 g/mol. The van der Waals surface area contributed by atoms with Crippen LogP contribution in [0.4, 0.5) is 4.39 Å². The first-order valence-corrected chi connectivity index (χ1v) is 10.3. The molecular formula is C22H30FNO6. The summed E-state index contributed by atoms with van der Waals surface area (Å²) in [6, 6.07) is 5.79. The molecule has 0 radical (unpaired) electrons. The van der Waals surface area contributed by atoms with Gasteiger partial charge in [-0.2, -0.15) is 0 Å². The Kier molecular flexibility index (Phi) is 7.96. The smallest absolute Gasteiger partial charge is 0.252 e. The van der Waals surface area contributed by atoms with Gasteiger partial charge in [-0.3, -0.25) is 4.79 Å². The third kappa shape index (κ3) is 5.65. The fourth-order valence-electron chi connectivity index (χ4n) is 3.93. The van der Waals surface area contributed by atoms with E-state index in [9.17, 15) is 19.4 Å². The van der Waals surface area contributed by atoms with Crippen molar-refractivity contribution >= 4 is 5.91 Å². The molecule has 1 aromatic rings. The molecule has 0 aromatic heterocycles. The zero-order chi connectivity index (χ0) is 21.6. The molecule has 1 heterocycles. The third-order valence-electron chi connectivity index (χ3n) is 5.63. The van der Waals surface area contributed by atoms with E-state index < -0.39 is 29.8 Å². The summed E-state index contributed by atoms with van der Waals surface area (Å²) in [6.45, 7) is 4.83. The van der Waals surface area contributed by atoms with E-state index in [0.29, 0.717) is 18.7 Å². The first-order chi connectivity index (χ1) is 14.4. The van der Waals surface area contributed by atoms with Crippen LogP contribution in [0.1, 0.15) is 31.2 Å². The highest BCUT2D eigenvalue weighted by Gasteiger charge is 2.51. The largest absolute Gasteiger partial charge is 0.390 e. The maximum atomic E-state index is 13.2. The van der Waals surface area contributed by atoms with Crippen molar-refractivity contribution in [1.82, 2.24) is 5.32 Å². The molecule has 1 aliphatic heterocycles. The molecular weight excluding hydrogens is 393 g/mol. The highest BCUT2D eigenvalue weighted by Crippen LogP contribution is 2.35. The number of carbonyl (C=O) groups is 1. The van der Waals surface area contributed by atoms with E-state index in [-0.39, 0.29) is 38.0 Å². The summed E-state index contributed by atoms with van der Waals surface area (Å²) < 4.78 is 30.4. The SMILES string of the molecule is C=CCOC1C[C@](OCc2ccc(F)cc2)(C(=O)NCC2CCCO2)C[C@@H](O)[C@H]1O. The molecule has 5 atom stereocenters. The van der Waals surface area contributed by atoms with Crippen molar-refractivity contribution in [3.8, 4) is 0 Å². The number of hydrogen-bond acceptors (Lipinski definition) is 6. The van der Waals surface area contributed by atoms with Gasteiger partial charge in [0.2, 0.25) is 0 Å². The van der Waals surface area contributed by atoms with Crippen molar-refractivity contribution in [2.45, 2.75) is 62.3 Å². The summed E-state index contributed by atoms with van der Waals surface area (Å²) in [5, 5.41) is 23.7. The minimum Gasteiger partial charge on any atom is -0.390 e. The van der Waals surface area contributed by atoms with Crippen LogP contribution in [-0.4, -0.2) is 65.9 Å². The summed E-state index contributed by atoms with van der Waals surface area (Å²) in [5.41, 5.74) is -0.718. The number of nitrogens with one attached hydrogen (secondary N) is 1. The predicted octanol–water partition coefficient (Wildman–Crippen LogP) is 1.46. The lowest BCUT2D eigenvalue weighted by atomic mass is 9.78. The number of aliphatic hydroxyl groups is 2. The lowest BCUT2D eigenvalue weighted by molar-refractivity contribution is -0.196.